The Labute approximate surface area is 256 Å². The van der Waals surface area contributed by atoms with Crippen molar-refractivity contribution >= 4 is 5.97 Å². The van der Waals surface area contributed by atoms with E-state index in [4.69, 9.17) is 9.47 Å². The number of carbonyl (C=O) groups excluding carboxylic acids is 1. The Hall–Kier alpha value is -0.990. The first-order valence-electron chi connectivity index (χ1n) is 17.6. The van der Waals surface area contributed by atoms with Crippen LogP contribution in [0.4, 0.5) is 0 Å². The second-order valence-corrected chi connectivity index (χ2v) is 13.1. The summed E-state index contributed by atoms with van der Waals surface area (Å²) in [4.78, 5) is 11.6. The van der Waals surface area contributed by atoms with Gasteiger partial charge in [0.05, 0.1) is 36.6 Å². The summed E-state index contributed by atoms with van der Waals surface area (Å²) >= 11 is 0. The third-order valence-electron chi connectivity index (χ3n) is 9.11. The Bertz CT molecular complexity index is 726. The van der Waals surface area contributed by atoms with Gasteiger partial charge in [0, 0.05) is 12.0 Å². The molecule has 7 heteroatoms. The monoisotopic (exact) mass is 596 g/mol. The second kappa shape index (κ2) is 22.5. The van der Waals surface area contributed by atoms with Crippen LogP contribution in [0.3, 0.4) is 0 Å². The third-order valence-corrected chi connectivity index (χ3v) is 9.11. The summed E-state index contributed by atoms with van der Waals surface area (Å²) in [6.07, 6.45) is 22.4. The lowest BCUT2D eigenvalue weighted by molar-refractivity contribution is -0.139. The smallest absolute Gasteiger partial charge is 0.334 e. The minimum absolute atomic E-state index is 0.147. The van der Waals surface area contributed by atoms with Crippen LogP contribution in [-0.2, 0) is 14.3 Å². The molecular formula is C35H64O7. The molecule has 0 aromatic heterocycles. The van der Waals surface area contributed by atoms with E-state index in [-0.39, 0.29) is 30.4 Å². The lowest BCUT2D eigenvalue weighted by Gasteiger charge is -2.22. The Morgan fingerprint density at radius 1 is 0.667 bits per heavy atom. The molecule has 7 nitrogen and oxygen atoms in total. The van der Waals surface area contributed by atoms with Crippen LogP contribution in [0.2, 0.25) is 0 Å². The highest BCUT2D eigenvalue weighted by atomic mass is 16.5. The predicted molar refractivity (Wildman–Crippen MR) is 168 cm³/mol. The number of hydrogen-bond acceptors (Lipinski definition) is 7. The van der Waals surface area contributed by atoms with Gasteiger partial charge in [-0.05, 0) is 57.9 Å². The molecule has 2 aliphatic rings. The van der Waals surface area contributed by atoms with Crippen molar-refractivity contribution in [3.63, 3.8) is 0 Å². The molecule has 0 amide bonds. The van der Waals surface area contributed by atoms with E-state index < -0.39 is 18.3 Å². The quantitative estimate of drug-likeness (QED) is 0.0624. The number of esters is 1. The zero-order valence-corrected chi connectivity index (χ0v) is 26.9. The number of carbonyl (C=O) groups is 1. The SMILES string of the molecule is CCCCCCCCCCCC[C@H](O)[C@H]1CC[C@H]([C@H](O)CCCC[C@H](O)CCCCC[C@H](O)CC2=C[C@@H](C)OC2=O)O1. The lowest BCUT2D eigenvalue weighted by atomic mass is 9.99. The highest BCUT2D eigenvalue weighted by Gasteiger charge is 2.34. The molecule has 246 valence electrons. The number of unbranched alkanes of at least 4 members (excludes halogenated alkanes) is 12. The number of hydrogen-bond donors (Lipinski definition) is 4. The summed E-state index contributed by atoms with van der Waals surface area (Å²) in [5, 5.41) is 41.7. The highest BCUT2D eigenvalue weighted by molar-refractivity contribution is 5.90. The van der Waals surface area contributed by atoms with E-state index in [1.807, 2.05) is 6.92 Å². The van der Waals surface area contributed by atoms with Crippen LogP contribution in [0, 0.1) is 0 Å². The van der Waals surface area contributed by atoms with Crippen molar-refractivity contribution in [2.24, 2.45) is 0 Å². The van der Waals surface area contributed by atoms with Crippen LogP contribution in [0.15, 0.2) is 11.6 Å². The Morgan fingerprint density at radius 2 is 1.10 bits per heavy atom. The number of aliphatic hydroxyl groups excluding tert-OH is 4. The van der Waals surface area contributed by atoms with E-state index in [2.05, 4.69) is 6.92 Å². The van der Waals surface area contributed by atoms with Crippen LogP contribution in [0.5, 0.6) is 0 Å². The van der Waals surface area contributed by atoms with Crippen LogP contribution in [0.1, 0.15) is 162 Å². The van der Waals surface area contributed by atoms with Crippen molar-refractivity contribution in [1.29, 1.82) is 0 Å². The zero-order chi connectivity index (χ0) is 30.6. The minimum atomic E-state index is -0.530. The number of rotatable bonds is 26. The standard InChI is InChI=1S/C35H64O7/c1-3-4-5-6-7-8-9-10-11-15-21-31(38)33-23-24-34(42-33)32(39)22-17-16-19-29(36)18-13-12-14-20-30(37)26-28-25-27(2)41-35(28)40/h25,27,29-34,36-39H,3-24,26H2,1-2H3/t27-,29-,30+,31+,32-,33-,34-/m1/s1. The maximum Gasteiger partial charge on any atom is 0.334 e. The Balaban J connectivity index is 1.41. The second-order valence-electron chi connectivity index (χ2n) is 13.1. The molecule has 0 unspecified atom stereocenters. The van der Waals surface area contributed by atoms with E-state index >= 15 is 0 Å². The lowest BCUT2D eigenvalue weighted by Crippen LogP contribution is -2.31. The maximum atomic E-state index is 11.6. The molecule has 2 aliphatic heterocycles. The summed E-state index contributed by atoms with van der Waals surface area (Å²) in [7, 11) is 0. The molecule has 42 heavy (non-hydrogen) atoms. The van der Waals surface area contributed by atoms with Gasteiger partial charge in [0.2, 0.25) is 0 Å². The van der Waals surface area contributed by atoms with Crippen molar-refractivity contribution in [1.82, 2.24) is 0 Å². The van der Waals surface area contributed by atoms with Gasteiger partial charge < -0.3 is 29.9 Å². The molecule has 1 saturated heterocycles. The van der Waals surface area contributed by atoms with Crippen molar-refractivity contribution in [2.45, 2.75) is 204 Å². The van der Waals surface area contributed by atoms with Crippen LogP contribution in [0.25, 0.3) is 0 Å². The summed E-state index contributed by atoms with van der Waals surface area (Å²) in [5.74, 6) is -0.314. The third kappa shape index (κ3) is 16.2. The molecule has 0 radical (unpaired) electrons. The van der Waals surface area contributed by atoms with Gasteiger partial charge in [-0.3, -0.25) is 0 Å². The van der Waals surface area contributed by atoms with Gasteiger partial charge in [0.25, 0.3) is 0 Å². The fourth-order valence-corrected chi connectivity index (χ4v) is 6.42. The molecule has 4 N–H and O–H groups in total. The largest absolute Gasteiger partial charge is 0.455 e. The molecule has 0 aromatic carbocycles. The van der Waals surface area contributed by atoms with E-state index in [1.54, 1.807) is 6.08 Å². The zero-order valence-electron chi connectivity index (χ0n) is 26.9. The van der Waals surface area contributed by atoms with Crippen molar-refractivity contribution in [3.8, 4) is 0 Å². The highest BCUT2D eigenvalue weighted by Crippen LogP contribution is 2.28. The maximum absolute atomic E-state index is 11.6. The number of aliphatic hydroxyl groups is 4. The van der Waals surface area contributed by atoms with E-state index in [0.717, 1.165) is 70.6 Å². The molecule has 0 aliphatic carbocycles. The first-order valence-corrected chi connectivity index (χ1v) is 17.6. The summed E-state index contributed by atoms with van der Waals surface area (Å²) in [6, 6.07) is 0. The average molecular weight is 597 g/mol. The van der Waals surface area contributed by atoms with Crippen molar-refractivity contribution in [2.75, 3.05) is 0 Å². The molecule has 2 heterocycles. The molecule has 2 rings (SSSR count). The first-order chi connectivity index (χ1) is 20.3. The van der Waals surface area contributed by atoms with Crippen molar-refractivity contribution in [3.05, 3.63) is 11.6 Å². The van der Waals surface area contributed by atoms with E-state index in [9.17, 15) is 25.2 Å². The normalized spacial score (nSPS) is 23.5. The summed E-state index contributed by atoms with van der Waals surface area (Å²) in [5.41, 5.74) is 0.576. The average Bonchev–Trinajstić information content (AvgIpc) is 3.58. The van der Waals surface area contributed by atoms with Gasteiger partial charge in [-0.2, -0.15) is 0 Å². The van der Waals surface area contributed by atoms with E-state index in [0.29, 0.717) is 24.8 Å². The minimum Gasteiger partial charge on any atom is -0.455 e. The molecule has 0 saturated carbocycles. The first kappa shape index (κ1) is 37.2. The molecule has 0 bridgehead atoms. The van der Waals surface area contributed by atoms with E-state index in [1.165, 1.54) is 57.8 Å². The van der Waals surface area contributed by atoms with Crippen LogP contribution < -0.4 is 0 Å². The van der Waals surface area contributed by atoms with Crippen LogP contribution in [-0.4, -0.2) is 69.1 Å². The molecule has 0 aromatic rings. The van der Waals surface area contributed by atoms with Crippen LogP contribution >= 0.6 is 0 Å². The van der Waals surface area contributed by atoms with Crippen molar-refractivity contribution < 1.29 is 34.7 Å². The van der Waals surface area contributed by atoms with Gasteiger partial charge >= 0.3 is 5.97 Å². The summed E-state index contributed by atoms with van der Waals surface area (Å²) in [6.45, 7) is 4.07. The molecule has 1 fully saturated rings. The number of ether oxygens (including phenoxy) is 2. The molecular weight excluding hydrogens is 532 g/mol. The fraction of sp³-hybridized carbons (Fsp3) is 0.914. The van der Waals surface area contributed by atoms with Gasteiger partial charge in [-0.1, -0.05) is 103 Å². The molecule has 0 spiro atoms. The van der Waals surface area contributed by atoms with Gasteiger partial charge in [-0.15, -0.1) is 0 Å². The Morgan fingerprint density at radius 3 is 1.62 bits per heavy atom. The predicted octanol–water partition coefficient (Wildman–Crippen LogP) is 7.06. The topological polar surface area (TPSA) is 116 Å². The van der Waals surface area contributed by atoms with Gasteiger partial charge in [0.1, 0.15) is 6.10 Å². The Kier molecular flexibility index (Phi) is 19.9. The fourth-order valence-electron chi connectivity index (χ4n) is 6.42. The number of cyclic esters (lactones) is 1. The summed E-state index contributed by atoms with van der Waals surface area (Å²) < 4.78 is 11.1. The van der Waals surface area contributed by atoms with Gasteiger partial charge in [0.15, 0.2) is 0 Å². The molecule has 7 atom stereocenters. The van der Waals surface area contributed by atoms with Gasteiger partial charge in [-0.25, -0.2) is 4.79 Å².